The molecule has 0 saturated carbocycles. The first-order chi connectivity index (χ1) is 28.1. The summed E-state index contributed by atoms with van der Waals surface area (Å²) in [4.78, 5) is 75.4. The molecule has 0 rings (SSSR count). The van der Waals surface area contributed by atoms with E-state index in [4.69, 9.17) is 28.4 Å². The molecule has 0 radical (unpaired) electrons. The smallest absolute Gasteiger partial charge is 0.417 e. The number of carbonyl (C=O) groups is 6. The lowest BCUT2D eigenvalue weighted by Gasteiger charge is -2.29. The molecule has 0 spiro atoms. The molecule has 12 nitrogen and oxygen atoms in total. The minimum absolute atomic E-state index is 0.160. The topological polar surface area (TPSA) is 158 Å². The van der Waals surface area contributed by atoms with Gasteiger partial charge in [-0.2, -0.15) is 0 Å². The zero-order chi connectivity index (χ0) is 43.2. The van der Waals surface area contributed by atoms with Crippen LogP contribution in [0.3, 0.4) is 0 Å². The second kappa shape index (κ2) is 38.0. The maximum Gasteiger partial charge on any atom is 0.417 e. The van der Waals surface area contributed by atoms with Crippen LogP contribution in [0.4, 0.5) is 0 Å². The van der Waals surface area contributed by atoms with E-state index in [-0.39, 0.29) is 24.8 Å². The van der Waals surface area contributed by atoms with Crippen molar-refractivity contribution in [2.75, 3.05) is 14.2 Å². The van der Waals surface area contributed by atoms with Gasteiger partial charge in [0.25, 0.3) is 0 Å². The minimum Gasteiger partial charge on any atom is -0.469 e. The average Bonchev–Trinajstić information content (AvgIpc) is 3.22. The van der Waals surface area contributed by atoms with Gasteiger partial charge in [-0.1, -0.05) is 130 Å². The third kappa shape index (κ3) is 29.9. The van der Waals surface area contributed by atoms with Crippen molar-refractivity contribution < 1.29 is 57.2 Å². The first kappa shape index (κ1) is 54.8. The van der Waals surface area contributed by atoms with E-state index in [0.29, 0.717) is 51.4 Å². The fourth-order valence-corrected chi connectivity index (χ4v) is 6.90. The van der Waals surface area contributed by atoms with Crippen LogP contribution in [0.2, 0.25) is 0 Å². The van der Waals surface area contributed by atoms with Crippen LogP contribution in [-0.4, -0.2) is 74.5 Å². The first-order valence-electron chi connectivity index (χ1n) is 23.0. The Labute approximate surface area is 351 Å². The fraction of sp³-hybridized carbons (Fsp3) is 0.870. The van der Waals surface area contributed by atoms with Crippen molar-refractivity contribution in [3.8, 4) is 0 Å². The summed E-state index contributed by atoms with van der Waals surface area (Å²) in [5.41, 5.74) is 0. The zero-order valence-electron chi connectivity index (χ0n) is 37.4. The second-order valence-electron chi connectivity index (χ2n) is 15.5. The number of carbonyl (C=O) groups excluding carboxylic acids is 6. The van der Waals surface area contributed by atoms with Crippen LogP contribution in [-0.2, 0) is 57.2 Å². The van der Waals surface area contributed by atoms with Crippen LogP contribution in [0.15, 0.2) is 0 Å². The van der Waals surface area contributed by atoms with Gasteiger partial charge in [-0.3, -0.25) is 19.2 Å². The summed E-state index contributed by atoms with van der Waals surface area (Å²) in [6.45, 7) is 7.75. The van der Waals surface area contributed by atoms with Gasteiger partial charge in [0.15, 0.2) is 0 Å². The van der Waals surface area contributed by atoms with Crippen molar-refractivity contribution >= 4 is 35.8 Å². The number of rotatable bonds is 38. The largest absolute Gasteiger partial charge is 0.469 e. The summed E-state index contributed by atoms with van der Waals surface area (Å²) >= 11 is 0. The van der Waals surface area contributed by atoms with Crippen LogP contribution in [0.1, 0.15) is 220 Å². The molecule has 0 amide bonds. The normalized spacial score (nSPS) is 13.1. The van der Waals surface area contributed by atoms with Gasteiger partial charge in [-0.05, 0) is 64.2 Å². The van der Waals surface area contributed by atoms with E-state index in [2.05, 4.69) is 13.8 Å². The van der Waals surface area contributed by atoms with Gasteiger partial charge in [-0.25, -0.2) is 9.59 Å². The zero-order valence-corrected chi connectivity index (χ0v) is 37.4. The van der Waals surface area contributed by atoms with Crippen LogP contribution in [0.25, 0.3) is 0 Å². The molecular formula is C46H82O12. The molecule has 0 aliphatic rings. The van der Waals surface area contributed by atoms with Gasteiger partial charge < -0.3 is 28.4 Å². The summed E-state index contributed by atoms with van der Waals surface area (Å²) < 4.78 is 33.0. The summed E-state index contributed by atoms with van der Waals surface area (Å²) in [5, 5.41) is 0. The molecular weight excluding hydrogens is 744 g/mol. The van der Waals surface area contributed by atoms with Gasteiger partial charge >= 0.3 is 35.8 Å². The van der Waals surface area contributed by atoms with Gasteiger partial charge in [0.2, 0.25) is 0 Å². The lowest BCUT2D eigenvalue weighted by Crippen LogP contribution is -2.40. The van der Waals surface area contributed by atoms with Crippen molar-refractivity contribution in [3.63, 3.8) is 0 Å². The molecule has 12 heteroatoms. The molecule has 0 fully saturated rings. The summed E-state index contributed by atoms with van der Waals surface area (Å²) in [5.74, 6) is -3.56. The number of hydrogen-bond donors (Lipinski definition) is 0. The Kier molecular flexibility index (Phi) is 36.0. The van der Waals surface area contributed by atoms with E-state index in [1.807, 2.05) is 0 Å². The maximum absolute atomic E-state index is 13.6. The van der Waals surface area contributed by atoms with Crippen molar-refractivity contribution in [2.24, 2.45) is 0 Å². The van der Waals surface area contributed by atoms with Crippen LogP contribution in [0, 0.1) is 0 Å². The highest BCUT2D eigenvalue weighted by molar-refractivity contribution is 6.29. The molecule has 0 bridgehead atoms. The van der Waals surface area contributed by atoms with Crippen LogP contribution >= 0.6 is 0 Å². The summed E-state index contributed by atoms with van der Waals surface area (Å²) in [6.07, 6.45) is 19.9. The Morgan fingerprint density at radius 1 is 0.328 bits per heavy atom. The average molecular weight is 827 g/mol. The predicted molar refractivity (Wildman–Crippen MR) is 225 cm³/mol. The van der Waals surface area contributed by atoms with Crippen molar-refractivity contribution in [1.82, 2.24) is 0 Å². The lowest BCUT2D eigenvalue weighted by atomic mass is 9.98. The number of unbranched alkanes of at least 4 members (excludes halogenated alkanes) is 18. The second-order valence-corrected chi connectivity index (χ2v) is 15.5. The highest BCUT2D eigenvalue weighted by Gasteiger charge is 2.34. The van der Waals surface area contributed by atoms with Gasteiger partial charge in [0.05, 0.1) is 14.2 Å². The number of methoxy groups -OCH3 is 2. The molecule has 0 aromatic carbocycles. The molecule has 0 heterocycles. The third-order valence-corrected chi connectivity index (χ3v) is 10.5. The van der Waals surface area contributed by atoms with Crippen molar-refractivity contribution in [2.45, 2.75) is 245 Å². The number of ether oxygens (including phenoxy) is 6. The van der Waals surface area contributed by atoms with E-state index in [9.17, 15) is 28.8 Å². The highest BCUT2D eigenvalue weighted by Crippen LogP contribution is 2.24. The lowest BCUT2D eigenvalue weighted by molar-refractivity contribution is -0.186. The summed E-state index contributed by atoms with van der Waals surface area (Å²) in [6, 6.07) is 0. The Morgan fingerprint density at radius 3 is 0.862 bits per heavy atom. The molecule has 4 atom stereocenters. The van der Waals surface area contributed by atoms with Crippen molar-refractivity contribution in [3.05, 3.63) is 0 Å². The van der Waals surface area contributed by atoms with Crippen LogP contribution in [0.5, 0.6) is 0 Å². The Hall–Kier alpha value is -3.18. The molecule has 4 unspecified atom stereocenters. The van der Waals surface area contributed by atoms with Gasteiger partial charge in [0, 0.05) is 25.7 Å². The quantitative estimate of drug-likeness (QED) is 0.0251. The molecule has 338 valence electrons. The molecule has 0 N–H and O–H groups in total. The van der Waals surface area contributed by atoms with E-state index in [1.54, 1.807) is 13.8 Å². The molecule has 0 aromatic heterocycles. The predicted octanol–water partition coefficient (Wildman–Crippen LogP) is 10.8. The summed E-state index contributed by atoms with van der Waals surface area (Å²) in [7, 11) is 2.76. The van der Waals surface area contributed by atoms with E-state index in [1.165, 1.54) is 14.2 Å². The maximum atomic E-state index is 13.6. The van der Waals surface area contributed by atoms with Crippen LogP contribution < -0.4 is 0 Å². The molecule has 0 aromatic rings. The van der Waals surface area contributed by atoms with E-state index >= 15 is 0 Å². The SMILES string of the molecule is CCCCCCCCC(OC(=O)CC)C(CCCCCCCC(=O)OC)OC(=O)C(=O)OC(CCCCCCCC)C(CCCCCCCC(=O)OC)OC(=O)CC. The van der Waals surface area contributed by atoms with Crippen molar-refractivity contribution in [1.29, 1.82) is 0 Å². The standard InChI is InChI=1S/C46H82O12/c1-7-11-13-15-19-25-31-37(55-41(47)9-3)40(34-28-22-18-24-30-36-44(50)54-6)58-46(52)45(51)57-39(33-27-20-16-14-12-8-2)38(56-42(48)10-4)32-26-21-17-23-29-35-43(49)53-5/h37-40H,7-36H2,1-6H3. The first-order valence-corrected chi connectivity index (χ1v) is 23.0. The molecule has 58 heavy (non-hydrogen) atoms. The number of esters is 6. The molecule has 0 aliphatic heterocycles. The fourth-order valence-electron chi connectivity index (χ4n) is 6.90. The van der Waals surface area contributed by atoms with Gasteiger partial charge in [-0.15, -0.1) is 0 Å². The minimum atomic E-state index is -1.15. The monoisotopic (exact) mass is 827 g/mol. The van der Waals surface area contributed by atoms with E-state index < -0.39 is 48.3 Å². The molecule has 0 aliphatic carbocycles. The number of hydrogen-bond acceptors (Lipinski definition) is 12. The Morgan fingerprint density at radius 2 is 0.586 bits per heavy atom. The highest BCUT2D eigenvalue weighted by atomic mass is 16.6. The van der Waals surface area contributed by atoms with E-state index in [0.717, 1.165) is 128 Å². The Bertz CT molecular complexity index is 1090. The Balaban J connectivity index is 6.01. The van der Waals surface area contributed by atoms with Gasteiger partial charge in [0.1, 0.15) is 24.4 Å². The molecule has 0 saturated heterocycles. The third-order valence-electron chi connectivity index (χ3n) is 10.5.